The van der Waals surface area contributed by atoms with E-state index in [1.165, 1.54) is 11.8 Å². The van der Waals surface area contributed by atoms with E-state index in [0.717, 1.165) is 0 Å². The molecule has 2 fully saturated rings. The molecule has 0 aromatic carbocycles. The van der Waals surface area contributed by atoms with E-state index in [-0.39, 0.29) is 30.5 Å². The molecule has 0 saturated carbocycles. The highest BCUT2D eigenvalue weighted by atomic mass is 32.2. The number of carbonyl (C=O) groups is 3. The largest absolute Gasteiger partial charge is 0.444 e. The summed E-state index contributed by atoms with van der Waals surface area (Å²) in [5.74, 6) is 0.993. The Kier molecular flexibility index (Phi) is 5.44. The number of amides is 3. The molecule has 2 aliphatic heterocycles. The normalized spacial score (nSPS) is 22.5. The van der Waals surface area contributed by atoms with Crippen molar-refractivity contribution in [1.29, 1.82) is 0 Å². The second kappa shape index (κ2) is 6.98. The Labute approximate surface area is 141 Å². The SMILES string of the molecule is C[C@@H]1CN(C(=O)OC(C)(C)C)CCN1C(=O)CN1CSCC1=O. The van der Waals surface area contributed by atoms with Crippen molar-refractivity contribution in [1.82, 2.24) is 14.7 Å². The summed E-state index contributed by atoms with van der Waals surface area (Å²) in [6.07, 6.45) is -0.345. The molecule has 130 valence electrons. The fraction of sp³-hybridized carbons (Fsp3) is 0.800. The first-order valence-corrected chi connectivity index (χ1v) is 8.96. The van der Waals surface area contributed by atoms with Crippen LogP contribution in [0.2, 0.25) is 0 Å². The van der Waals surface area contributed by atoms with Crippen molar-refractivity contribution in [2.75, 3.05) is 37.8 Å². The predicted molar refractivity (Wildman–Crippen MR) is 88.0 cm³/mol. The summed E-state index contributed by atoms with van der Waals surface area (Å²) < 4.78 is 5.37. The molecule has 2 saturated heterocycles. The standard InChI is InChI=1S/C15H25N3O4S/c1-11-7-16(14(21)22-15(2,3)4)5-6-18(11)12(19)8-17-10-23-9-13(17)20/h11H,5-10H2,1-4H3/t11-/m1/s1. The molecule has 1 atom stereocenters. The maximum atomic E-state index is 12.4. The Balaban J connectivity index is 1.87. The number of hydrogen-bond acceptors (Lipinski definition) is 5. The van der Waals surface area contributed by atoms with Crippen LogP contribution in [0.3, 0.4) is 0 Å². The van der Waals surface area contributed by atoms with Crippen molar-refractivity contribution in [3.05, 3.63) is 0 Å². The van der Waals surface area contributed by atoms with Crippen molar-refractivity contribution >= 4 is 29.7 Å². The van der Waals surface area contributed by atoms with Crippen LogP contribution in [0.5, 0.6) is 0 Å². The lowest BCUT2D eigenvalue weighted by Gasteiger charge is -2.40. The molecule has 0 radical (unpaired) electrons. The summed E-state index contributed by atoms with van der Waals surface area (Å²) in [6, 6.07) is -0.0888. The van der Waals surface area contributed by atoms with Crippen molar-refractivity contribution in [3.63, 3.8) is 0 Å². The lowest BCUT2D eigenvalue weighted by atomic mass is 10.2. The van der Waals surface area contributed by atoms with Gasteiger partial charge in [0.25, 0.3) is 0 Å². The first-order chi connectivity index (χ1) is 10.7. The maximum Gasteiger partial charge on any atom is 0.410 e. The molecular formula is C15H25N3O4S. The molecule has 7 nitrogen and oxygen atoms in total. The lowest BCUT2D eigenvalue weighted by Crippen LogP contribution is -2.57. The summed E-state index contributed by atoms with van der Waals surface area (Å²) in [5.41, 5.74) is -0.527. The molecule has 0 bridgehead atoms. The van der Waals surface area contributed by atoms with Crippen molar-refractivity contribution < 1.29 is 19.1 Å². The minimum Gasteiger partial charge on any atom is -0.444 e. The Morgan fingerprint density at radius 1 is 1.30 bits per heavy atom. The predicted octanol–water partition coefficient (Wildman–Crippen LogP) is 0.987. The van der Waals surface area contributed by atoms with E-state index >= 15 is 0 Å². The van der Waals surface area contributed by atoms with Crippen LogP contribution in [-0.2, 0) is 14.3 Å². The molecule has 2 heterocycles. The number of piperazine rings is 1. The number of ether oxygens (including phenoxy) is 1. The topological polar surface area (TPSA) is 70.2 Å². The van der Waals surface area contributed by atoms with Gasteiger partial charge in [0, 0.05) is 25.7 Å². The van der Waals surface area contributed by atoms with Gasteiger partial charge in [-0.25, -0.2) is 4.79 Å². The molecule has 0 N–H and O–H groups in total. The smallest absolute Gasteiger partial charge is 0.410 e. The Hall–Kier alpha value is -1.44. The average Bonchev–Trinajstić information content (AvgIpc) is 2.82. The van der Waals surface area contributed by atoms with E-state index in [0.29, 0.717) is 31.3 Å². The number of hydrogen-bond donors (Lipinski definition) is 0. The second-order valence-corrected chi connectivity index (χ2v) is 7.89. The molecule has 0 spiro atoms. The Morgan fingerprint density at radius 2 is 2.00 bits per heavy atom. The van der Waals surface area contributed by atoms with Gasteiger partial charge in [-0.2, -0.15) is 0 Å². The molecular weight excluding hydrogens is 318 g/mol. The van der Waals surface area contributed by atoms with Gasteiger partial charge in [-0.1, -0.05) is 0 Å². The molecule has 0 aromatic heterocycles. The van der Waals surface area contributed by atoms with Gasteiger partial charge in [-0.05, 0) is 27.7 Å². The van der Waals surface area contributed by atoms with Crippen molar-refractivity contribution in [3.8, 4) is 0 Å². The number of thioether (sulfide) groups is 1. The van der Waals surface area contributed by atoms with Gasteiger partial charge in [-0.15, -0.1) is 11.8 Å². The molecule has 2 rings (SSSR count). The molecule has 3 amide bonds. The molecule has 0 unspecified atom stereocenters. The van der Waals surface area contributed by atoms with Crippen molar-refractivity contribution in [2.45, 2.75) is 39.3 Å². The van der Waals surface area contributed by atoms with E-state index in [4.69, 9.17) is 4.74 Å². The summed E-state index contributed by atoms with van der Waals surface area (Å²) in [4.78, 5) is 41.1. The fourth-order valence-electron chi connectivity index (χ4n) is 2.61. The minimum atomic E-state index is -0.527. The summed E-state index contributed by atoms with van der Waals surface area (Å²) >= 11 is 1.53. The Bertz CT molecular complexity index is 492. The van der Waals surface area contributed by atoms with E-state index in [2.05, 4.69) is 0 Å². The summed E-state index contributed by atoms with van der Waals surface area (Å²) in [5, 5.41) is 0. The molecule has 23 heavy (non-hydrogen) atoms. The van der Waals surface area contributed by atoms with E-state index in [1.54, 1.807) is 14.7 Å². The molecule has 2 aliphatic rings. The van der Waals surface area contributed by atoms with Gasteiger partial charge in [0.15, 0.2) is 0 Å². The molecule has 8 heteroatoms. The molecule has 0 aromatic rings. The summed E-state index contributed by atoms with van der Waals surface area (Å²) in [6.45, 7) is 8.90. The first-order valence-electron chi connectivity index (χ1n) is 7.80. The zero-order valence-corrected chi connectivity index (χ0v) is 15.0. The maximum absolute atomic E-state index is 12.4. The zero-order valence-electron chi connectivity index (χ0n) is 14.2. The highest BCUT2D eigenvalue weighted by Crippen LogP contribution is 2.18. The van der Waals surface area contributed by atoms with Crippen LogP contribution in [0.15, 0.2) is 0 Å². The van der Waals surface area contributed by atoms with Crippen LogP contribution in [0.4, 0.5) is 4.79 Å². The van der Waals surface area contributed by atoms with Gasteiger partial charge in [0.05, 0.1) is 11.6 Å². The van der Waals surface area contributed by atoms with Crippen LogP contribution < -0.4 is 0 Å². The third-order valence-electron chi connectivity index (χ3n) is 3.75. The average molecular weight is 343 g/mol. The fourth-order valence-corrected chi connectivity index (χ4v) is 3.52. The second-order valence-electron chi connectivity index (χ2n) is 6.93. The monoisotopic (exact) mass is 343 g/mol. The van der Waals surface area contributed by atoms with E-state index in [9.17, 15) is 14.4 Å². The van der Waals surface area contributed by atoms with Gasteiger partial charge in [-0.3, -0.25) is 9.59 Å². The molecule has 0 aliphatic carbocycles. The minimum absolute atomic E-state index is 0.0170. The first kappa shape index (κ1) is 17.9. The number of rotatable bonds is 2. The van der Waals surface area contributed by atoms with Gasteiger partial charge >= 0.3 is 6.09 Å². The third kappa shape index (κ3) is 4.76. The van der Waals surface area contributed by atoms with E-state index in [1.807, 2.05) is 27.7 Å². The highest BCUT2D eigenvalue weighted by molar-refractivity contribution is 8.00. The van der Waals surface area contributed by atoms with Crippen LogP contribution in [0, 0.1) is 0 Å². The number of carbonyl (C=O) groups excluding carboxylic acids is 3. The van der Waals surface area contributed by atoms with Crippen LogP contribution in [0.25, 0.3) is 0 Å². The quantitative estimate of drug-likeness (QED) is 0.748. The third-order valence-corrected chi connectivity index (χ3v) is 4.70. The van der Waals surface area contributed by atoms with Crippen LogP contribution in [-0.4, -0.2) is 82.1 Å². The number of nitrogens with zero attached hydrogens (tertiary/aromatic N) is 3. The lowest BCUT2D eigenvalue weighted by molar-refractivity contribution is -0.141. The van der Waals surface area contributed by atoms with Crippen LogP contribution in [0.1, 0.15) is 27.7 Å². The zero-order chi connectivity index (χ0) is 17.2. The van der Waals surface area contributed by atoms with Gasteiger partial charge < -0.3 is 19.4 Å². The van der Waals surface area contributed by atoms with Gasteiger partial charge in [0.2, 0.25) is 11.8 Å². The highest BCUT2D eigenvalue weighted by Gasteiger charge is 2.33. The van der Waals surface area contributed by atoms with E-state index < -0.39 is 5.60 Å². The van der Waals surface area contributed by atoms with Crippen molar-refractivity contribution in [2.24, 2.45) is 0 Å². The van der Waals surface area contributed by atoms with Crippen LogP contribution >= 0.6 is 11.8 Å². The Morgan fingerprint density at radius 3 is 2.52 bits per heavy atom. The summed E-state index contributed by atoms with van der Waals surface area (Å²) in [7, 11) is 0. The van der Waals surface area contributed by atoms with Gasteiger partial charge in [0.1, 0.15) is 12.1 Å².